The first kappa shape index (κ1) is 92.2. The Morgan fingerprint density at radius 1 is 0.439 bits per heavy atom. The second-order valence-corrected chi connectivity index (χ2v) is 24.8. The van der Waals surface area contributed by atoms with Crippen LogP contribution >= 0.6 is 25.3 Å². The Kier molecular flexibility index (Phi) is 43.5. The standard InChI is InChI=1S/C64H101N23O18S2/c1-3-34(2)51(61(105)86-46(33-107)60(104)83-42(24-36-15-8-5-9-16-36)56(100)78-37(29-88)17-10-20-72-62(66)67)87-55(99)40(19-12-22-74-64(70)71)81-57(101)43(25-50(94)95)80-49(93)28-77-53(97)39(18-11-21-73-63(68)69)79-48(92)27-75-47(91)26-76-54(98)41(23-35-13-6-4-7-14-35)82-59(103)45(32-106)85-58(102)44(31-90)84-52(96)38(65)30-89/h4-9,13-16,29,34,37-46,51,89-90,106-107H,3,10-12,17-28,30-33,65H2,1-2H3,(H,75,91)(H,76,98)(H,77,97)(H,78,100)(H,79,92)(H,80,93)(H,81,101)(H,82,103)(H,83,104)(H,84,96)(H,85,102)(H,86,105)(H,87,99)(H,94,95)(H4,66,67,72)(H4,68,69,73)(H4,70,71,74)/t34-,37-,38-,39-,40-,41-,42-,43-,44-,45-,46-,51-/m0/s1. The highest BCUT2D eigenvalue weighted by Gasteiger charge is 2.36. The van der Waals surface area contributed by atoms with Crippen molar-refractivity contribution in [1.82, 2.24) is 69.1 Å². The Bertz CT molecular complexity index is 3390. The number of aliphatic hydroxyl groups is 2. The number of hydrogen-bond donors (Lipinski definition) is 25. The van der Waals surface area contributed by atoms with Gasteiger partial charge in [-0.2, -0.15) is 25.3 Å². The van der Waals surface area contributed by atoms with E-state index < -0.39 is 194 Å². The van der Waals surface area contributed by atoms with Crippen LogP contribution in [0.1, 0.15) is 76.3 Å². The molecule has 0 saturated carbocycles. The molecule has 592 valence electrons. The van der Waals surface area contributed by atoms with Gasteiger partial charge in [0.1, 0.15) is 66.7 Å². The zero-order valence-corrected chi connectivity index (χ0v) is 61.0. The zero-order chi connectivity index (χ0) is 80.1. The summed E-state index contributed by atoms with van der Waals surface area (Å²) < 4.78 is 0. The molecule has 13 amide bonds. The topological polar surface area (TPSA) is 692 Å². The van der Waals surface area contributed by atoms with Crippen molar-refractivity contribution in [3.05, 3.63) is 71.8 Å². The summed E-state index contributed by atoms with van der Waals surface area (Å²) >= 11 is 8.41. The molecule has 43 heteroatoms. The Morgan fingerprint density at radius 3 is 1.26 bits per heavy atom. The van der Waals surface area contributed by atoms with E-state index in [0.29, 0.717) is 23.8 Å². The van der Waals surface area contributed by atoms with Gasteiger partial charge in [-0.3, -0.25) is 82.1 Å². The molecule has 0 aliphatic rings. The van der Waals surface area contributed by atoms with Crippen molar-refractivity contribution in [2.75, 3.05) is 64.0 Å². The highest BCUT2D eigenvalue weighted by molar-refractivity contribution is 7.80. The fourth-order valence-corrected chi connectivity index (χ4v) is 10.1. The van der Waals surface area contributed by atoms with Crippen molar-refractivity contribution in [2.45, 2.75) is 145 Å². The number of aliphatic imine (C=N–C) groups is 3. The van der Waals surface area contributed by atoms with Gasteiger partial charge in [0.15, 0.2) is 17.9 Å². The van der Waals surface area contributed by atoms with Crippen molar-refractivity contribution in [3.8, 4) is 0 Å². The van der Waals surface area contributed by atoms with E-state index >= 15 is 0 Å². The predicted molar refractivity (Wildman–Crippen MR) is 396 cm³/mol. The molecule has 12 atom stereocenters. The number of aliphatic carboxylic acids is 1. The van der Waals surface area contributed by atoms with Crippen LogP contribution in [-0.4, -0.2) is 253 Å². The number of benzene rings is 2. The number of hydrogen-bond acceptors (Lipinski definition) is 23. The Morgan fingerprint density at radius 2 is 0.813 bits per heavy atom. The molecule has 0 spiro atoms. The molecular formula is C64H101N23O18S2. The molecule has 41 nitrogen and oxygen atoms in total. The third-order valence-electron chi connectivity index (χ3n) is 15.6. The van der Waals surface area contributed by atoms with E-state index in [4.69, 9.17) is 40.1 Å². The lowest BCUT2D eigenvalue weighted by molar-refractivity contribution is -0.141. The number of carbonyl (C=O) groups excluding carboxylic acids is 14. The average Bonchev–Trinajstić information content (AvgIpc) is 0.875. The molecule has 0 aliphatic carbocycles. The lowest BCUT2D eigenvalue weighted by atomic mass is 9.97. The lowest BCUT2D eigenvalue weighted by Gasteiger charge is -2.29. The quantitative estimate of drug-likeness (QED) is 0.00961. The van der Waals surface area contributed by atoms with Crippen LogP contribution in [0.5, 0.6) is 0 Å². The molecule has 2 rings (SSSR count). The number of nitrogens with two attached hydrogens (primary N) is 7. The van der Waals surface area contributed by atoms with E-state index in [-0.39, 0.29) is 100 Å². The average molecular weight is 1540 g/mol. The number of aldehydes is 1. The largest absolute Gasteiger partial charge is 0.481 e. The summed E-state index contributed by atoms with van der Waals surface area (Å²) in [6, 6.07) is 0.715. The Hall–Kier alpha value is -10.9. The second-order valence-electron chi connectivity index (χ2n) is 24.1. The summed E-state index contributed by atoms with van der Waals surface area (Å²) in [5, 5.41) is 60.0. The third kappa shape index (κ3) is 37.1. The van der Waals surface area contributed by atoms with Gasteiger partial charge in [-0.05, 0) is 55.6 Å². The molecule has 0 aromatic heterocycles. The minimum atomic E-state index is -1.95. The number of nitrogens with zero attached hydrogens (tertiary/aromatic N) is 3. The van der Waals surface area contributed by atoms with Gasteiger partial charge in [-0.1, -0.05) is 80.9 Å². The first-order valence-electron chi connectivity index (χ1n) is 33.7. The van der Waals surface area contributed by atoms with Gasteiger partial charge < -0.3 is 129 Å². The molecule has 2 aromatic rings. The fourth-order valence-electron chi connectivity index (χ4n) is 9.59. The normalized spacial score (nSPS) is 14.1. The molecule has 0 bridgehead atoms. The highest BCUT2D eigenvalue weighted by Crippen LogP contribution is 2.13. The number of aliphatic hydroxyl groups excluding tert-OH is 2. The summed E-state index contributed by atoms with van der Waals surface area (Å²) in [6.07, 6.45) is -0.488. The van der Waals surface area contributed by atoms with Crippen LogP contribution in [0.15, 0.2) is 75.6 Å². The molecule has 0 unspecified atom stereocenters. The summed E-state index contributed by atoms with van der Waals surface area (Å²) in [6.45, 7) is -0.944. The maximum absolute atomic E-state index is 14.3. The molecule has 107 heavy (non-hydrogen) atoms. The van der Waals surface area contributed by atoms with E-state index in [1.807, 2.05) is 0 Å². The molecule has 2 aromatic carbocycles. The van der Waals surface area contributed by atoms with Crippen LogP contribution in [0.25, 0.3) is 0 Å². The lowest BCUT2D eigenvalue weighted by Crippen LogP contribution is -2.61. The van der Waals surface area contributed by atoms with Crippen LogP contribution in [0.2, 0.25) is 0 Å². The smallest absolute Gasteiger partial charge is 0.305 e. The molecule has 0 fully saturated rings. The molecule has 0 saturated heterocycles. The van der Waals surface area contributed by atoms with Gasteiger partial charge in [-0.25, -0.2) is 0 Å². The molecule has 30 N–H and O–H groups in total. The van der Waals surface area contributed by atoms with Crippen molar-refractivity contribution >= 4 is 132 Å². The van der Waals surface area contributed by atoms with Crippen LogP contribution in [0.4, 0.5) is 0 Å². The molecular weight excluding hydrogens is 1440 g/mol. The molecule has 0 heterocycles. The SMILES string of the molecule is CC[C@H](C)[C@H](NC(=O)[C@H](CCCN=C(N)N)NC(=O)[C@H](CC(=O)O)NC(=O)CNC(=O)[C@H](CCCN=C(N)N)NC(=O)CNC(=O)CNC(=O)[C@H](Cc1ccccc1)NC(=O)[C@H](CS)NC(=O)[C@H](CO)NC(=O)[C@@H](N)CO)C(=O)N[C@@H](CS)C(=O)N[C@@H](Cc1ccccc1)C(=O)N[C@H](C=O)CCCN=C(N)N. The highest BCUT2D eigenvalue weighted by atomic mass is 32.1. The summed E-state index contributed by atoms with van der Waals surface area (Å²) in [5.41, 5.74) is 39.3. The summed E-state index contributed by atoms with van der Waals surface area (Å²) in [4.78, 5) is 212. The van der Waals surface area contributed by atoms with Gasteiger partial charge >= 0.3 is 5.97 Å². The second kappa shape index (κ2) is 50.5. The maximum Gasteiger partial charge on any atom is 0.305 e. The fraction of sp³-hybridized carbons (Fsp3) is 0.531. The van der Waals surface area contributed by atoms with E-state index in [9.17, 15) is 87.2 Å². The van der Waals surface area contributed by atoms with Crippen molar-refractivity contribution < 1.29 is 87.2 Å². The minimum Gasteiger partial charge on any atom is -0.481 e. The predicted octanol–water partition coefficient (Wildman–Crippen LogP) is -10.3. The number of thiol groups is 2. The number of rotatable bonds is 51. The van der Waals surface area contributed by atoms with Crippen molar-refractivity contribution in [1.29, 1.82) is 0 Å². The van der Waals surface area contributed by atoms with Gasteiger partial charge in [0.25, 0.3) is 0 Å². The number of carboxylic acids is 1. The Balaban J connectivity index is 2.28. The number of nitrogens with one attached hydrogen (secondary N) is 13. The Labute approximate surface area is 627 Å². The van der Waals surface area contributed by atoms with Crippen LogP contribution in [-0.2, 0) is 84.8 Å². The monoisotopic (exact) mass is 1540 g/mol. The summed E-state index contributed by atoms with van der Waals surface area (Å²) in [7, 11) is 0. The van der Waals surface area contributed by atoms with Crippen molar-refractivity contribution in [3.63, 3.8) is 0 Å². The minimum absolute atomic E-state index is 0.00755. The zero-order valence-electron chi connectivity index (χ0n) is 59.2. The van der Waals surface area contributed by atoms with Gasteiger partial charge in [0, 0.05) is 44.0 Å². The van der Waals surface area contributed by atoms with E-state index in [1.165, 1.54) is 0 Å². The maximum atomic E-state index is 14.3. The van der Waals surface area contributed by atoms with Gasteiger partial charge in [0.2, 0.25) is 76.8 Å². The third-order valence-corrected chi connectivity index (χ3v) is 16.3. The molecule has 0 aliphatic heterocycles. The van der Waals surface area contributed by atoms with Crippen LogP contribution in [0.3, 0.4) is 0 Å². The first-order valence-corrected chi connectivity index (χ1v) is 35.0. The van der Waals surface area contributed by atoms with Crippen LogP contribution in [0, 0.1) is 5.92 Å². The number of carboxylic acid groups (broad SMARTS) is 1. The van der Waals surface area contributed by atoms with E-state index in [2.05, 4.69) is 109 Å². The number of amides is 13. The van der Waals surface area contributed by atoms with E-state index in [1.54, 1.807) is 74.5 Å². The molecule has 0 radical (unpaired) electrons. The van der Waals surface area contributed by atoms with E-state index in [0.717, 1.165) is 0 Å². The first-order chi connectivity index (χ1) is 50.8. The van der Waals surface area contributed by atoms with Crippen LogP contribution < -0.4 is 109 Å². The number of carbonyl (C=O) groups is 15. The summed E-state index contributed by atoms with van der Waals surface area (Å²) in [5.74, 6) is -16.5. The number of guanidine groups is 3. The van der Waals surface area contributed by atoms with Gasteiger partial charge in [-0.15, -0.1) is 0 Å². The van der Waals surface area contributed by atoms with Crippen molar-refractivity contribution in [2.24, 2.45) is 61.0 Å². The van der Waals surface area contributed by atoms with Gasteiger partial charge in [0.05, 0.1) is 45.3 Å².